The number of amides is 4. The lowest BCUT2D eigenvalue weighted by molar-refractivity contribution is -0.144. The highest BCUT2D eigenvalue weighted by Gasteiger charge is 2.47. The number of anilines is 1. The zero-order valence-corrected chi connectivity index (χ0v) is 16.7. The summed E-state index contributed by atoms with van der Waals surface area (Å²) in [4.78, 5) is 39.5. The zero-order valence-electron chi connectivity index (χ0n) is 15.9. The van der Waals surface area contributed by atoms with E-state index in [0.717, 1.165) is 21.1 Å². The van der Waals surface area contributed by atoms with E-state index in [2.05, 4.69) is 5.10 Å². The van der Waals surface area contributed by atoms with Crippen LogP contribution in [-0.4, -0.2) is 47.5 Å². The molecule has 0 N–H and O–H groups in total. The number of carbonyl (C=O) groups is 3. The molecule has 2 aromatic carbocycles. The molecule has 1 unspecified atom stereocenters. The number of para-hydroxylation sites is 1. The molecule has 4 rings (SSSR count). The molecule has 29 heavy (non-hydrogen) atoms. The van der Waals surface area contributed by atoms with Gasteiger partial charge in [0, 0.05) is 25.5 Å². The van der Waals surface area contributed by atoms with Crippen LogP contribution < -0.4 is 5.01 Å². The molecule has 7 nitrogen and oxygen atoms in total. The van der Waals surface area contributed by atoms with Crippen molar-refractivity contribution >= 4 is 40.8 Å². The molecule has 8 heteroatoms. The first kappa shape index (κ1) is 19.1. The number of nitrogens with zero attached hydrogens (tertiary/aromatic N) is 4. The second kappa shape index (κ2) is 7.33. The van der Waals surface area contributed by atoms with Gasteiger partial charge in [-0.15, -0.1) is 0 Å². The van der Waals surface area contributed by atoms with Gasteiger partial charge in [0.05, 0.1) is 17.4 Å². The van der Waals surface area contributed by atoms with E-state index in [1.807, 2.05) is 47.5 Å². The molecule has 1 atom stereocenters. The quantitative estimate of drug-likeness (QED) is 0.727. The molecule has 0 radical (unpaired) electrons. The Balaban J connectivity index is 1.74. The fraction of sp³-hybridized carbons (Fsp3) is 0.238. The summed E-state index contributed by atoms with van der Waals surface area (Å²) in [6.07, 6.45) is 0.383. The maximum Gasteiger partial charge on any atom is 0.332 e. The van der Waals surface area contributed by atoms with Gasteiger partial charge in [0.2, 0.25) is 11.8 Å². The topological polar surface area (TPSA) is 73.3 Å². The van der Waals surface area contributed by atoms with E-state index in [1.54, 1.807) is 12.1 Å². The molecular weight excluding hydrogens is 392 g/mol. The number of halogens is 1. The molecule has 0 saturated carbocycles. The van der Waals surface area contributed by atoms with E-state index in [-0.39, 0.29) is 6.04 Å². The summed E-state index contributed by atoms with van der Waals surface area (Å²) in [7, 11) is 2.75. The Kier molecular flexibility index (Phi) is 4.84. The maximum absolute atomic E-state index is 12.8. The lowest BCUT2D eigenvalue weighted by Crippen LogP contribution is -2.58. The van der Waals surface area contributed by atoms with Gasteiger partial charge in [-0.2, -0.15) is 5.10 Å². The lowest BCUT2D eigenvalue weighted by Gasteiger charge is -2.32. The molecule has 1 fully saturated rings. The van der Waals surface area contributed by atoms with Crippen LogP contribution in [0, 0.1) is 5.92 Å². The van der Waals surface area contributed by atoms with Gasteiger partial charge in [0.15, 0.2) is 5.92 Å². The second-order valence-corrected chi connectivity index (χ2v) is 7.49. The first-order chi connectivity index (χ1) is 13.9. The number of benzene rings is 2. The Morgan fingerprint density at radius 2 is 1.48 bits per heavy atom. The molecular formula is C21H19ClN4O3. The molecule has 0 bridgehead atoms. The van der Waals surface area contributed by atoms with Gasteiger partial charge in [-0.05, 0) is 29.8 Å². The molecule has 0 aliphatic carbocycles. The van der Waals surface area contributed by atoms with Crippen molar-refractivity contribution in [2.75, 3.05) is 19.1 Å². The Labute approximate surface area is 173 Å². The van der Waals surface area contributed by atoms with Crippen molar-refractivity contribution in [3.05, 3.63) is 65.2 Å². The van der Waals surface area contributed by atoms with Crippen molar-refractivity contribution in [2.45, 2.75) is 12.5 Å². The Hall–Kier alpha value is -3.19. The maximum atomic E-state index is 12.8. The smallest absolute Gasteiger partial charge is 0.273 e. The third-order valence-electron chi connectivity index (χ3n) is 5.27. The van der Waals surface area contributed by atoms with Crippen LogP contribution in [-0.2, 0) is 9.59 Å². The Bertz CT molecular complexity index is 982. The normalized spacial score (nSPS) is 20.5. The highest BCUT2D eigenvalue weighted by atomic mass is 35.5. The molecule has 2 heterocycles. The number of hydrazone groups is 1. The number of barbiturate groups is 1. The summed E-state index contributed by atoms with van der Waals surface area (Å²) in [6, 6.07) is 16.1. The van der Waals surface area contributed by atoms with E-state index < -0.39 is 23.8 Å². The van der Waals surface area contributed by atoms with Crippen LogP contribution in [0.4, 0.5) is 10.5 Å². The number of carbonyl (C=O) groups excluding carboxylic acids is 3. The van der Waals surface area contributed by atoms with Crippen molar-refractivity contribution in [3.8, 4) is 0 Å². The van der Waals surface area contributed by atoms with E-state index in [1.165, 1.54) is 14.1 Å². The highest BCUT2D eigenvalue weighted by Crippen LogP contribution is 2.38. The number of hydrogen-bond donors (Lipinski definition) is 0. The molecule has 1 saturated heterocycles. The largest absolute Gasteiger partial charge is 0.332 e. The minimum atomic E-state index is -1.11. The summed E-state index contributed by atoms with van der Waals surface area (Å²) in [5.74, 6) is -2.21. The summed E-state index contributed by atoms with van der Waals surface area (Å²) < 4.78 is 0. The monoisotopic (exact) mass is 410 g/mol. The molecule has 148 valence electrons. The van der Waals surface area contributed by atoms with Crippen LogP contribution in [0.25, 0.3) is 0 Å². The Morgan fingerprint density at radius 3 is 2.07 bits per heavy atom. The van der Waals surface area contributed by atoms with Crippen molar-refractivity contribution in [2.24, 2.45) is 11.0 Å². The van der Waals surface area contributed by atoms with Gasteiger partial charge < -0.3 is 0 Å². The van der Waals surface area contributed by atoms with Crippen molar-refractivity contribution < 1.29 is 14.4 Å². The van der Waals surface area contributed by atoms with Crippen LogP contribution in [0.1, 0.15) is 18.0 Å². The van der Waals surface area contributed by atoms with Gasteiger partial charge >= 0.3 is 6.03 Å². The molecule has 0 aromatic heterocycles. The summed E-state index contributed by atoms with van der Waals surface area (Å²) in [5.41, 5.74) is 2.25. The third kappa shape index (κ3) is 3.27. The predicted molar refractivity (Wildman–Crippen MR) is 110 cm³/mol. The first-order valence-electron chi connectivity index (χ1n) is 9.14. The van der Waals surface area contributed by atoms with Gasteiger partial charge in [0.25, 0.3) is 0 Å². The average molecular weight is 411 g/mol. The van der Waals surface area contributed by atoms with Gasteiger partial charge in [0.1, 0.15) is 0 Å². The molecule has 2 aliphatic heterocycles. The van der Waals surface area contributed by atoms with Crippen molar-refractivity contribution in [1.82, 2.24) is 9.80 Å². The molecule has 0 spiro atoms. The average Bonchev–Trinajstić information content (AvgIpc) is 3.17. The second-order valence-electron chi connectivity index (χ2n) is 7.05. The number of imide groups is 2. The third-order valence-corrected chi connectivity index (χ3v) is 5.52. The number of hydrogen-bond acceptors (Lipinski definition) is 5. The highest BCUT2D eigenvalue weighted by molar-refractivity contribution is 6.30. The minimum Gasteiger partial charge on any atom is -0.273 e. The van der Waals surface area contributed by atoms with Crippen LogP contribution in [0.15, 0.2) is 59.7 Å². The molecule has 4 amide bonds. The summed E-state index contributed by atoms with van der Waals surface area (Å²) in [6.45, 7) is 0. The zero-order chi connectivity index (χ0) is 20.7. The van der Waals surface area contributed by atoms with Crippen LogP contribution in [0.2, 0.25) is 5.02 Å². The van der Waals surface area contributed by atoms with E-state index in [4.69, 9.17) is 11.6 Å². The van der Waals surface area contributed by atoms with E-state index >= 15 is 0 Å². The van der Waals surface area contributed by atoms with E-state index in [0.29, 0.717) is 17.2 Å². The summed E-state index contributed by atoms with van der Waals surface area (Å²) in [5, 5.41) is 7.11. The number of rotatable bonds is 3. The van der Waals surface area contributed by atoms with E-state index in [9.17, 15) is 14.4 Å². The fourth-order valence-electron chi connectivity index (χ4n) is 3.66. The van der Waals surface area contributed by atoms with Crippen molar-refractivity contribution in [3.63, 3.8) is 0 Å². The first-order valence-corrected chi connectivity index (χ1v) is 9.52. The predicted octanol–water partition coefficient (Wildman–Crippen LogP) is 3.31. The van der Waals surface area contributed by atoms with Crippen LogP contribution in [0.5, 0.6) is 0 Å². The Morgan fingerprint density at radius 1 is 0.897 bits per heavy atom. The SMILES string of the molecule is CN1C(=O)C(C2=NN(c3ccccc3)C(c3ccc(Cl)cc3)C2)C(=O)N(C)C1=O. The standard InChI is InChI=1S/C21H19ClN4O3/c1-24-19(27)18(20(28)25(2)21(24)29)16-12-17(13-8-10-14(22)11-9-13)26(23-16)15-6-4-3-5-7-15/h3-11,17-18H,12H2,1-2H3. The lowest BCUT2D eigenvalue weighted by atomic mass is 9.92. The summed E-state index contributed by atoms with van der Waals surface area (Å²) >= 11 is 6.03. The number of urea groups is 1. The van der Waals surface area contributed by atoms with Gasteiger partial charge in [-0.3, -0.25) is 24.4 Å². The molecule has 2 aliphatic rings. The van der Waals surface area contributed by atoms with Crippen LogP contribution in [0.3, 0.4) is 0 Å². The van der Waals surface area contributed by atoms with Gasteiger partial charge in [-0.25, -0.2) is 4.79 Å². The van der Waals surface area contributed by atoms with Gasteiger partial charge in [-0.1, -0.05) is 41.9 Å². The van der Waals surface area contributed by atoms with Crippen molar-refractivity contribution in [1.29, 1.82) is 0 Å². The van der Waals surface area contributed by atoms with Crippen LogP contribution >= 0.6 is 11.6 Å². The minimum absolute atomic E-state index is 0.196. The molecule has 2 aromatic rings. The fourth-order valence-corrected chi connectivity index (χ4v) is 3.79.